The molecule has 2 N–H and O–H groups in total. The summed E-state index contributed by atoms with van der Waals surface area (Å²) in [6.45, 7) is 6.06. The summed E-state index contributed by atoms with van der Waals surface area (Å²) in [5, 5.41) is 0. The van der Waals surface area contributed by atoms with Crippen molar-refractivity contribution in [3.8, 4) is 0 Å². The minimum absolute atomic E-state index is 0.0846. The minimum atomic E-state index is -0.226. The number of amides is 2. The summed E-state index contributed by atoms with van der Waals surface area (Å²) in [7, 11) is 0. The van der Waals surface area contributed by atoms with E-state index >= 15 is 0 Å². The van der Waals surface area contributed by atoms with Crippen LogP contribution in [-0.2, 0) is 0 Å². The Kier molecular flexibility index (Phi) is 3.11. The van der Waals surface area contributed by atoms with Crippen molar-refractivity contribution in [1.29, 1.82) is 0 Å². The number of nitrogen functional groups attached to an aromatic ring is 1. The molecule has 0 aromatic heterocycles. The summed E-state index contributed by atoms with van der Waals surface area (Å²) in [5.74, 6) is 0.00739. The van der Waals surface area contributed by atoms with Gasteiger partial charge in [0.2, 0.25) is 0 Å². The van der Waals surface area contributed by atoms with Crippen LogP contribution in [0.15, 0.2) is 18.2 Å². The zero-order chi connectivity index (χ0) is 13.4. The van der Waals surface area contributed by atoms with Gasteiger partial charge in [0.25, 0.3) is 11.8 Å². The van der Waals surface area contributed by atoms with Gasteiger partial charge < -0.3 is 5.73 Å². The van der Waals surface area contributed by atoms with Crippen molar-refractivity contribution in [3.63, 3.8) is 0 Å². The number of nitrogens with zero attached hydrogens (tertiary/aromatic N) is 1. The second-order valence-corrected chi connectivity index (χ2v) is 5.26. The maximum absolute atomic E-state index is 12.2. The van der Waals surface area contributed by atoms with E-state index in [0.717, 1.165) is 6.42 Å². The molecule has 18 heavy (non-hydrogen) atoms. The molecule has 0 fully saturated rings. The average molecular weight is 246 g/mol. The highest BCUT2D eigenvalue weighted by atomic mass is 16.2. The van der Waals surface area contributed by atoms with Crippen LogP contribution in [0.3, 0.4) is 0 Å². The van der Waals surface area contributed by atoms with Crippen LogP contribution in [0.5, 0.6) is 0 Å². The normalized spacial score (nSPS) is 16.3. The van der Waals surface area contributed by atoms with Gasteiger partial charge in [-0.25, -0.2) is 0 Å². The molecule has 1 heterocycles. The summed E-state index contributed by atoms with van der Waals surface area (Å²) in [5.41, 5.74) is 7.06. The van der Waals surface area contributed by atoms with E-state index in [2.05, 4.69) is 13.8 Å². The molecule has 1 aromatic rings. The number of rotatable bonds is 3. The number of fused-ring (bicyclic) bond motifs is 1. The first-order chi connectivity index (χ1) is 8.41. The Labute approximate surface area is 107 Å². The molecule has 0 aliphatic carbocycles. The maximum Gasteiger partial charge on any atom is 0.261 e. The van der Waals surface area contributed by atoms with E-state index < -0.39 is 0 Å². The van der Waals surface area contributed by atoms with Crippen molar-refractivity contribution in [2.24, 2.45) is 5.92 Å². The Bertz CT molecular complexity index is 509. The average Bonchev–Trinajstić information content (AvgIpc) is 2.50. The van der Waals surface area contributed by atoms with Crippen LogP contribution in [0.4, 0.5) is 5.69 Å². The first-order valence-corrected chi connectivity index (χ1v) is 6.19. The van der Waals surface area contributed by atoms with Gasteiger partial charge >= 0.3 is 0 Å². The van der Waals surface area contributed by atoms with Crippen molar-refractivity contribution >= 4 is 17.5 Å². The minimum Gasteiger partial charge on any atom is -0.399 e. The standard InChI is InChI=1S/C14H18N2O2/c1-8(2)6-9(3)16-13(17)11-5-4-10(15)7-12(11)14(16)18/h4-5,7-9H,6,15H2,1-3H3. The third kappa shape index (κ3) is 1.98. The monoisotopic (exact) mass is 246 g/mol. The molecule has 4 nitrogen and oxygen atoms in total. The van der Waals surface area contributed by atoms with Gasteiger partial charge in [0, 0.05) is 11.7 Å². The lowest BCUT2D eigenvalue weighted by Gasteiger charge is -2.23. The van der Waals surface area contributed by atoms with Crippen molar-refractivity contribution in [2.45, 2.75) is 33.2 Å². The first kappa shape index (κ1) is 12.6. The summed E-state index contributed by atoms with van der Waals surface area (Å²) >= 11 is 0. The number of anilines is 1. The number of hydrogen-bond acceptors (Lipinski definition) is 3. The molecular formula is C14H18N2O2. The zero-order valence-electron chi connectivity index (χ0n) is 10.9. The number of carbonyl (C=O) groups excluding carboxylic acids is 2. The maximum atomic E-state index is 12.2. The largest absolute Gasteiger partial charge is 0.399 e. The molecular weight excluding hydrogens is 228 g/mol. The van der Waals surface area contributed by atoms with Crippen molar-refractivity contribution in [3.05, 3.63) is 29.3 Å². The van der Waals surface area contributed by atoms with E-state index in [4.69, 9.17) is 5.73 Å². The first-order valence-electron chi connectivity index (χ1n) is 6.19. The highest BCUT2D eigenvalue weighted by Crippen LogP contribution is 2.28. The van der Waals surface area contributed by atoms with Gasteiger partial charge in [0.1, 0.15) is 0 Å². The molecule has 1 unspecified atom stereocenters. The van der Waals surface area contributed by atoms with Gasteiger partial charge in [-0.3, -0.25) is 14.5 Å². The Morgan fingerprint density at radius 3 is 2.33 bits per heavy atom. The molecule has 4 heteroatoms. The van der Waals surface area contributed by atoms with Gasteiger partial charge in [0.05, 0.1) is 11.1 Å². The van der Waals surface area contributed by atoms with E-state index in [1.165, 1.54) is 4.90 Å². The van der Waals surface area contributed by atoms with E-state index in [9.17, 15) is 9.59 Å². The summed E-state index contributed by atoms with van der Waals surface area (Å²) < 4.78 is 0. The highest BCUT2D eigenvalue weighted by Gasteiger charge is 2.38. The molecule has 1 atom stereocenters. The van der Waals surface area contributed by atoms with Crippen LogP contribution in [0.25, 0.3) is 0 Å². The fourth-order valence-electron chi connectivity index (χ4n) is 2.47. The predicted molar refractivity (Wildman–Crippen MR) is 70.3 cm³/mol. The van der Waals surface area contributed by atoms with Crippen LogP contribution < -0.4 is 5.73 Å². The predicted octanol–water partition coefficient (Wildman–Crippen LogP) is 2.30. The fraction of sp³-hybridized carbons (Fsp3) is 0.429. The summed E-state index contributed by atoms with van der Waals surface area (Å²) in [4.78, 5) is 25.8. The van der Waals surface area contributed by atoms with Crippen LogP contribution >= 0.6 is 0 Å². The third-order valence-corrected chi connectivity index (χ3v) is 3.20. The highest BCUT2D eigenvalue weighted by molar-refractivity contribution is 6.21. The van der Waals surface area contributed by atoms with Crippen molar-refractivity contribution in [1.82, 2.24) is 4.90 Å². The molecule has 96 valence electrons. The lowest BCUT2D eigenvalue weighted by atomic mass is 10.0. The van der Waals surface area contributed by atoms with Crippen LogP contribution in [0, 0.1) is 5.92 Å². The second kappa shape index (κ2) is 4.44. The van der Waals surface area contributed by atoms with Crippen molar-refractivity contribution in [2.75, 3.05) is 5.73 Å². The molecule has 2 amide bonds. The number of carbonyl (C=O) groups is 2. The van der Waals surface area contributed by atoms with E-state index in [1.807, 2.05) is 6.92 Å². The molecule has 0 saturated heterocycles. The Hall–Kier alpha value is -1.84. The Morgan fingerprint density at radius 2 is 1.72 bits per heavy atom. The number of hydrogen-bond donors (Lipinski definition) is 1. The topological polar surface area (TPSA) is 63.4 Å². The number of imide groups is 1. The van der Waals surface area contributed by atoms with Gasteiger partial charge in [0.15, 0.2) is 0 Å². The Morgan fingerprint density at radius 1 is 1.11 bits per heavy atom. The molecule has 2 rings (SSSR count). The number of benzene rings is 1. The van der Waals surface area contributed by atoms with E-state index in [-0.39, 0.29) is 17.9 Å². The third-order valence-electron chi connectivity index (χ3n) is 3.20. The van der Waals surface area contributed by atoms with E-state index in [0.29, 0.717) is 22.7 Å². The zero-order valence-corrected chi connectivity index (χ0v) is 10.9. The SMILES string of the molecule is CC(C)CC(C)N1C(=O)c2ccc(N)cc2C1=O. The molecule has 1 aliphatic rings. The van der Waals surface area contributed by atoms with Gasteiger partial charge in [-0.1, -0.05) is 13.8 Å². The van der Waals surface area contributed by atoms with Crippen LogP contribution in [0.1, 0.15) is 47.9 Å². The van der Waals surface area contributed by atoms with Gasteiger partial charge in [-0.05, 0) is 37.5 Å². The molecule has 1 aromatic carbocycles. The van der Waals surface area contributed by atoms with Crippen LogP contribution in [-0.4, -0.2) is 22.8 Å². The van der Waals surface area contributed by atoms with Crippen molar-refractivity contribution < 1.29 is 9.59 Å². The van der Waals surface area contributed by atoms with E-state index in [1.54, 1.807) is 18.2 Å². The Balaban J connectivity index is 2.34. The summed E-state index contributed by atoms with van der Waals surface area (Å²) in [6.07, 6.45) is 0.806. The van der Waals surface area contributed by atoms with Crippen LogP contribution in [0.2, 0.25) is 0 Å². The summed E-state index contributed by atoms with van der Waals surface area (Å²) in [6, 6.07) is 4.78. The number of nitrogens with two attached hydrogens (primary N) is 1. The van der Waals surface area contributed by atoms with Gasteiger partial charge in [-0.15, -0.1) is 0 Å². The molecule has 0 spiro atoms. The molecule has 0 saturated carbocycles. The lowest BCUT2D eigenvalue weighted by Crippen LogP contribution is -2.38. The molecule has 0 radical (unpaired) electrons. The quantitative estimate of drug-likeness (QED) is 0.657. The smallest absolute Gasteiger partial charge is 0.261 e. The lowest BCUT2D eigenvalue weighted by molar-refractivity contribution is 0.0581. The fourth-order valence-corrected chi connectivity index (χ4v) is 2.47. The second-order valence-electron chi connectivity index (χ2n) is 5.26. The molecule has 1 aliphatic heterocycles. The molecule has 0 bridgehead atoms. The van der Waals surface area contributed by atoms with Gasteiger partial charge in [-0.2, -0.15) is 0 Å².